The second-order valence-electron chi connectivity index (χ2n) is 5.19. The van der Waals surface area contributed by atoms with Crippen LogP contribution in [0, 0.1) is 0 Å². The average Bonchev–Trinajstić information content (AvgIpc) is 2.58. The molecule has 10 heteroatoms. The van der Waals surface area contributed by atoms with Gasteiger partial charge in [0.05, 0.1) is 19.2 Å². The van der Waals surface area contributed by atoms with Crippen molar-refractivity contribution in [1.29, 1.82) is 0 Å². The van der Waals surface area contributed by atoms with Crippen LogP contribution in [0.1, 0.15) is 21.7 Å². The molecule has 1 amide bonds. The van der Waals surface area contributed by atoms with Crippen LogP contribution in [0.3, 0.4) is 0 Å². The van der Waals surface area contributed by atoms with Gasteiger partial charge in [0, 0.05) is 19.7 Å². The third kappa shape index (κ3) is 4.78. The molecule has 0 aliphatic rings. The molecule has 0 fully saturated rings. The van der Waals surface area contributed by atoms with Gasteiger partial charge in [0.25, 0.3) is 5.91 Å². The molecule has 0 unspecified atom stereocenters. The van der Waals surface area contributed by atoms with Gasteiger partial charge in [0.15, 0.2) is 5.82 Å². The lowest BCUT2D eigenvalue weighted by atomic mass is 10.1. The zero-order chi connectivity index (χ0) is 18.6. The first-order valence-corrected chi connectivity index (χ1v) is 7.12. The number of aromatic nitrogens is 3. The minimum absolute atomic E-state index is 0.0282. The van der Waals surface area contributed by atoms with E-state index in [0.717, 1.165) is 24.3 Å². The van der Waals surface area contributed by atoms with Gasteiger partial charge in [0.1, 0.15) is 0 Å². The van der Waals surface area contributed by atoms with E-state index in [1.807, 2.05) is 0 Å². The highest BCUT2D eigenvalue weighted by molar-refractivity contribution is 5.94. The van der Waals surface area contributed by atoms with Crippen molar-refractivity contribution in [3.05, 3.63) is 41.2 Å². The number of rotatable bonds is 5. The van der Waals surface area contributed by atoms with E-state index in [9.17, 15) is 18.0 Å². The second-order valence-corrected chi connectivity index (χ2v) is 5.19. The molecule has 0 bridgehead atoms. The molecule has 1 aromatic heterocycles. The topological polar surface area (TPSA) is 80.2 Å². The number of methoxy groups -OCH3 is 1. The van der Waals surface area contributed by atoms with Crippen LogP contribution in [0.5, 0.6) is 6.01 Å². The minimum atomic E-state index is -4.45. The van der Waals surface area contributed by atoms with Gasteiger partial charge in [-0.2, -0.15) is 28.1 Å². The van der Waals surface area contributed by atoms with Crippen LogP contribution in [-0.4, -0.2) is 42.1 Å². The summed E-state index contributed by atoms with van der Waals surface area (Å²) in [6.45, 7) is -0.0282. The number of anilines is 1. The number of nitrogens with one attached hydrogen (secondary N) is 1. The predicted molar refractivity (Wildman–Crippen MR) is 83.3 cm³/mol. The maximum atomic E-state index is 12.5. The number of alkyl halides is 3. The third-order valence-electron chi connectivity index (χ3n) is 3.11. The monoisotopic (exact) mass is 355 g/mol. The molecule has 0 atom stereocenters. The van der Waals surface area contributed by atoms with Crippen molar-refractivity contribution in [2.75, 3.05) is 26.1 Å². The quantitative estimate of drug-likeness (QED) is 0.882. The van der Waals surface area contributed by atoms with Crippen molar-refractivity contribution in [2.24, 2.45) is 0 Å². The zero-order valence-electron chi connectivity index (χ0n) is 13.8. The fourth-order valence-electron chi connectivity index (χ4n) is 1.83. The smallest absolute Gasteiger partial charge is 0.416 e. The third-order valence-corrected chi connectivity index (χ3v) is 3.11. The van der Waals surface area contributed by atoms with E-state index in [1.54, 1.807) is 19.0 Å². The van der Waals surface area contributed by atoms with Crippen LogP contribution in [0.4, 0.5) is 19.1 Å². The fourth-order valence-corrected chi connectivity index (χ4v) is 1.83. The molecular weight excluding hydrogens is 339 g/mol. The van der Waals surface area contributed by atoms with Crippen LogP contribution in [0.25, 0.3) is 0 Å². The lowest BCUT2D eigenvalue weighted by molar-refractivity contribution is -0.137. The number of carbonyl (C=O) groups is 1. The Kier molecular flexibility index (Phi) is 5.40. The molecule has 1 aromatic carbocycles. The number of carbonyl (C=O) groups excluding carboxylic acids is 1. The van der Waals surface area contributed by atoms with Crippen molar-refractivity contribution in [3.63, 3.8) is 0 Å². The Labute approximate surface area is 141 Å². The summed E-state index contributed by atoms with van der Waals surface area (Å²) >= 11 is 0. The highest BCUT2D eigenvalue weighted by atomic mass is 19.4. The lowest BCUT2D eigenvalue weighted by Crippen LogP contribution is -2.25. The van der Waals surface area contributed by atoms with Crippen LogP contribution in [-0.2, 0) is 12.7 Å². The standard InChI is InChI=1S/C15H16F3N5O2/c1-23(2)13-20-11(21-14(22-13)25-3)8-19-12(24)9-4-6-10(7-5-9)15(16,17)18/h4-7H,8H2,1-3H3,(H,19,24). The Balaban J connectivity index is 2.08. The van der Waals surface area contributed by atoms with Crippen LogP contribution in [0.2, 0.25) is 0 Å². The number of hydrogen-bond donors (Lipinski definition) is 1. The van der Waals surface area contributed by atoms with E-state index in [2.05, 4.69) is 20.3 Å². The normalized spacial score (nSPS) is 11.1. The Bertz CT molecular complexity index is 748. The first kappa shape index (κ1) is 18.4. The Morgan fingerprint density at radius 2 is 1.80 bits per heavy atom. The van der Waals surface area contributed by atoms with Crippen molar-refractivity contribution in [3.8, 4) is 6.01 Å². The summed E-state index contributed by atoms with van der Waals surface area (Å²) in [6.07, 6.45) is -4.45. The van der Waals surface area contributed by atoms with E-state index in [1.165, 1.54) is 7.11 Å². The molecule has 25 heavy (non-hydrogen) atoms. The van der Waals surface area contributed by atoms with Crippen LogP contribution < -0.4 is 15.0 Å². The zero-order valence-corrected chi connectivity index (χ0v) is 13.8. The van der Waals surface area contributed by atoms with E-state index in [-0.39, 0.29) is 23.9 Å². The van der Waals surface area contributed by atoms with Gasteiger partial charge >= 0.3 is 12.2 Å². The number of halogens is 3. The van der Waals surface area contributed by atoms with E-state index in [0.29, 0.717) is 5.95 Å². The number of amides is 1. The van der Waals surface area contributed by atoms with Gasteiger partial charge in [-0.15, -0.1) is 0 Å². The maximum Gasteiger partial charge on any atom is 0.416 e. The van der Waals surface area contributed by atoms with E-state index < -0.39 is 17.6 Å². The highest BCUT2D eigenvalue weighted by Gasteiger charge is 2.30. The number of ether oxygens (including phenoxy) is 1. The lowest BCUT2D eigenvalue weighted by Gasteiger charge is -2.12. The van der Waals surface area contributed by atoms with Gasteiger partial charge in [-0.3, -0.25) is 4.79 Å². The Morgan fingerprint density at radius 1 is 1.16 bits per heavy atom. The SMILES string of the molecule is COc1nc(CNC(=O)c2ccc(C(F)(F)F)cc2)nc(N(C)C)n1. The number of benzene rings is 1. The molecule has 1 heterocycles. The molecular formula is C15H16F3N5O2. The molecule has 0 saturated carbocycles. The first-order valence-electron chi connectivity index (χ1n) is 7.12. The summed E-state index contributed by atoms with van der Waals surface area (Å²) in [6, 6.07) is 4.02. The van der Waals surface area contributed by atoms with Gasteiger partial charge in [-0.25, -0.2) is 0 Å². The van der Waals surface area contributed by atoms with Gasteiger partial charge < -0.3 is 15.0 Å². The van der Waals surface area contributed by atoms with Crippen LogP contribution in [0.15, 0.2) is 24.3 Å². The summed E-state index contributed by atoms with van der Waals surface area (Å²) in [7, 11) is 4.87. The van der Waals surface area contributed by atoms with Gasteiger partial charge in [-0.05, 0) is 24.3 Å². The molecule has 0 aliphatic carbocycles. The highest BCUT2D eigenvalue weighted by Crippen LogP contribution is 2.29. The second kappa shape index (κ2) is 7.32. The summed E-state index contributed by atoms with van der Waals surface area (Å²) in [4.78, 5) is 25.9. The average molecular weight is 355 g/mol. The minimum Gasteiger partial charge on any atom is -0.467 e. The molecule has 0 aliphatic heterocycles. The molecule has 0 saturated heterocycles. The number of hydrogen-bond acceptors (Lipinski definition) is 6. The van der Waals surface area contributed by atoms with Crippen molar-refractivity contribution in [2.45, 2.75) is 12.7 Å². The van der Waals surface area contributed by atoms with Crippen LogP contribution >= 0.6 is 0 Å². The molecule has 134 valence electrons. The molecule has 2 aromatic rings. The maximum absolute atomic E-state index is 12.5. The van der Waals surface area contributed by atoms with E-state index >= 15 is 0 Å². The summed E-state index contributed by atoms with van der Waals surface area (Å²) in [5.41, 5.74) is -0.719. The fraction of sp³-hybridized carbons (Fsp3) is 0.333. The largest absolute Gasteiger partial charge is 0.467 e. The number of nitrogens with zero attached hydrogens (tertiary/aromatic N) is 4. The Morgan fingerprint density at radius 3 is 2.32 bits per heavy atom. The van der Waals surface area contributed by atoms with Gasteiger partial charge in [-0.1, -0.05) is 0 Å². The summed E-state index contributed by atoms with van der Waals surface area (Å²) < 4.78 is 42.6. The summed E-state index contributed by atoms with van der Waals surface area (Å²) in [5, 5.41) is 2.54. The van der Waals surface area contributed by atoms with Crippen molar-refractivity contribution < 1.29 is 22.7 Å². The molecule has 1 N–H and O–H groups in total. The van der Waals surface area contributed by atoms with Crippen molar-refractivity contribution in [1.82, 2.24) is 20.3 Å². The molecule has 7 nitrogen and oxygen atoms in total. The first-order chi connectivity index (χ1) is 11.7. The van der Waals surface area contributed by atoms with Crippen molar-refractivity contribution >= 4 is 11.9 Å². The van der Waals surface area contributed by atoms with E-state index in [4.69, 9.17) is 4.74 Å². The molecule has 0 spiro atoms. The molecule has 0 radical (unpaired) electrons. The Hall–Kier alpha value is -2.91. The van der Waals surface area contributed by atoms with Gasteiger partial charge in [0.2, 0.25) is 5.95 Å². The molecule has 2 rings (SSSR count). The summed E-state index contributed by atoms with van der Waals surface area (Å²) in [5.74, 6) is 0.0703. The predicted octanol–water partition coefficient (Wildman–Crippen LogP) is 1.90.